The van der Waals surface area contributed by atoms with Crippen molar-refractivity contribution in [3.05, 3.63) is 59.9 Å². The molecule has 4 heterocycles. The fourth-order valence-electron chi connectivity index (χ4n) is 5.36. The van der Waals surface area contributed by atoms with Crippen molar-refractivity contribution in [3.8, 4) is 0 Å². The summed E-state index contributed by atoms with van der Waals surface area (Å²) in [7, 11) is 0. The Kier molecular flexibility index (Phi) is 7.69. The first-order chi connectivity index (χ1) is 17.9. The third kappa shape index (κ3) is 5.61. The molecule has 0 spiro atoms. The van der Waals surface area contributed by atoms with Gasteiger partial charge in [0.05, 0.1) is 5.25 Å². The van der Waals surface area contributed by atoms with E-state index in [1.807, 2.05) is 57.3 Å². The van der Waals surface area contributed by atoms with Crippen LogP contribution >= 0.6 is 11.8 Å². The van der Waals surface area contributed by atoms with Crippen LogP contribution in [0.15, 0.2) is 48.8 Å². The Morgan fingerprint density at radius 2 is 1.92 bits per heavy atom. The summed E-state index contributed by atoms with van der Waals surface area (Å²) in [5.41, 5.74) is 2.99. The predicted molar refractivity (Wildman–Crippen MR) is 145 cm³/mol. The summed E-state index contributed by atoms with van der Waals surface area (Å²) >= 11 is 1.57. The van der Waals surface area contributed by atoms with Gasteiger partial charge < -0.3 is 20.0 Å². The second-order valence-corrected chi connectivity index (χ2v) is 11.8. The van der Waals surface area contributed by atoms with Crippen LogP contribution in [0.5, 0.6) is 0 Å². The summed E-state index contributed by atoms with van der Waals surface area (Å²) in [5, 5.41) is 2.50. The van der Waals surface area contributed by atoms with Crippen molar-refractivity contribution in [1.82, 2.24) is 19.7 Å². The minimum absolute atomic E-state index is 0.0217. The van der Waals surface area contributed by atoms with Crippen LogP contribution in [0.25, 0.3) is 0 Å². The highest BCUT2D eigenvalue weighted by Crippen LogP contribution is 2.44. The number of rotatable bonds is 7. The zero-order valence-corrected chi connectivity index (χ0v) is 22.3. The molecule has 0 saturated carbocycles. The maximum atomic E-state index is 13.4. The van der Waals surface area contributed by atoms with Crippen LogP contribution in [0.1, 0.15) is 56.0 Å². The molecule has 3 aliphatic heterocycles. The Bertz CT molecular complexity index is 1140. The number of carbonyl (C=O) groups is 3. The highest BCUT2D eigenvalue weighted by atomic mass is 32.2. The largest absolute Gasteiger partial charge is 0.342 e. The van der Waals surface area contributed by atoms with E-state index >= 15 is 0 Å². The van der Waals surface area contributed by atoms with E-state index in [4.69, 9.17) is 0 Å². The summed E-state index contributed by atoms with van der Waals surface area (Å²) in [6.07, 6.45) is 6.17. The third-order valence-electron chi connectivity index (χ3n) is 7.53. The number of piperidine rings is 1. The van der Waals surface area contributed by atoms with Gasteiger partial charge in [-0.2, -0.15) is 0 Å². The predicted octanol–water partition coefficient (Wildman–Crippen LogP) is 4.50. The normalized spacial score (nSPS) is 22.4. The van der Waals surface area contributed by atoms with Crippen molar-refractivity contribution < 1.29 is 14.4 Å². The summed E-state index contributed by atoms with van der Waals surface area (Å²) in [6.45, 7) is 6.79. The first-order valence-corrected chi connectivity index (χ1v) is 14.1. The van der Waals surface area contributed by atoms with Gasteiger partial charge in [0.2, 0.25) is 11.8 Å². The minimum Gasteiger partial charge on any atom is -0.342 e. The SMILES string of the molecule is CC(C)CCN1C(=O)C(CC(=O)N2CCC(N3Cc4ccccc4NC3=O)CC2)SC1c1cccnc1. The van der Waals surface area contributed by atoms with Crippen LogP contribution in [0.2, 0.25) is 0 Å². The molecule has 0 aliphatic carbocycles. The van der Waals surface area contributed by atoms with Crippen LogP contribution in [-0.4, -0.2) is 68.5 Å². The lowest BCUT2D eigenvalue weighted by molar-refractivity contribution is -0.137. The van der Waals surface area contributed by atoms with Gasteiger partial charge in [-0.25, -0.2) is 4.79 Å². The minimum atomic E-state index is -0.382. The van der Waals surface area contributed by atoms with E-state index in [0.717, 1.165) is 36.1 Å². The number of nitrogens with zero attached hydrogens (tertiary/aromatic N) is 4. The van der Waals surface area contributed by atoms with Crippen molar-refractivity contribution in [2.75, 3.05) is 25.0 Å². The van der Waals surface area contributed by atoms with E-state index < -0.39 is 0 Å². The molecule has 5 rings (SSSR count). The molecule has 0 radical (unpaired) electrons. The number of likely N-dealkylation sites (tertiary alicyclic amines) is 1. The first kappa shape index (κ1) is 25.6. The molecule has 196 valence electrons. The van der Waals surface area contributed by atoms with Crippen LogP contribution in [0, 0.1) is 5.92 Å². The molecule has 2 fully saturated rings. The number of nitrogens with one attached hydrogen (secondary N) is 1. The molecule has 2 saturated heterocycles. The van der Waals surface area contributed by atoms with E-state index in [9.17, 15) is 14.4 Å². The van der Waals surface area contributed by atoms with Crippen molar-refractivity contribution >= 4 is 35.3 Å². The Morgan fingerprint density at radius 3 is 2.65 bits per heavy atom. The monoisotopic (exact) mass is 521 g/mol. The van der Waals surface area contributed by atoms with Gasteiger partial charge in [-0.1, -0.05) is 38.1 Å². The molecule has 2 aromatic rings. The molecule has 0 bridgehead atoms. The molecule has 8 nitrogen and oxygen atoms in total. The molecule has 1 aromatic carbocycles. The smallest absolute Gasteiger partial charge is 0.322 e. The van der Waals surface area contributed by atoms with Crippen LogP contribution in [-0.2, 0) is 16.1 Å². The lowest BCUT2D eigenvalue weighted by atomic mass is 10.0. The van der Waals surface area contributed by atoms with E-state index in [-0.39, 0.29) is 40.9 Å². The molecular weight excluding hydrogens is 486 g/mol. The van der Waals surface area contributed by atoms with Crippen LogP contribution in [0.4, 0.5) is 10.5 Å². The van der Waals surface area contributed by atoms with Gasteiger partial charge in [-0.05, 0) is 42.9 Å². The van der Waals surface area contributed by atoms with E-state index in [2.05, 4.69) is 24.1 Å². The van der Waals surface area contributed by atoms with Crippen molar-refractivity contribution in [3.63, 3.8) is 0 Å². The highest BCUT2D eigenvalue weighted by molar-refractivity contribution is 8.01. The van der Waals surface area contributed by atoms with Gasteiger partial charge in [0.15, 0.2) is 0 Å². The average molecular weight is 522 g/mol. The topological polar surface area (TPSA) is 85.9 Å². The van der Waals surface area contributed by atoms with Gasteiger partial charge in [-0.15, -0.1) is 11.8 Å². The van der Waals surface area contributed by atoms with Gasteiger partial charge in [-0.3, -0.25) is 14.6 Å². The second kappa shape index (κ2) is 11.1. The number of benzene rings is 1. The molecule has 4 amide bonds. The maximum absolute atomic E-state index is 13.4. The number of aromatic nitrogens is 1. The number of thioether (sulfide) groups is 1. The Balaban J connectivity index is 1.18. The van der Waals surface area contributed by atoms with E-state index in [0.29, 0.717) is 32.1 Å². The van der Waals surface area contributed by atoms with Gasteiger partial charge in [0.25, 0.3) is 0 Å². The molecular formula is C28H35N5O3S. The first-order valence-electron chi connectivity index (χ1n) is 13.2. The number of para-hydroxylation sites is 1. The average Bonchev–Trinajstić information content (AvgIpc) is 3.22. The number of hydrogen-bond donors (Lipinski definition) is 1. The summed E-state index contributed by atoms with van der Waals surface area (Å²) in [6, 6.07) is 11.8. The molecule has 1 aromatic heterocycles. The standard InChI is InChI=1S/C28H35N5O3S/c1-19(2)9-15-32-26(35)24(37-27(32)20-7-5-12-29-17-20)16-25(34)31-13-10-22(11-14-31)33-18-21-6-3-4-8-23(21)30-28(33)36/h3-8,12,17,19,22,24,27H,9-11,13-16,18H2,1-2H3,(H,30,36). The number of fused-ring (bicyclic) bond motifs is 1. The number of urea groups is 1. The van der Waals surface area contributed by atoms with Crippen molar-refractivity contribution in [2.24, 2.45) is 5.92 Å². The quantitative estimate of drug-likeness (QED) is 0.580. The molecule has 3 aliphatic rings. The van der Waals surface area contributed by atoms with Crippen molar-refractivity contribution in [2.45, 2.75) is 62.7 Å². The number of pyridine rings is 1. The van der Waals surface area contributed by atoms with Crippen LogP contribution < -0.4 is 5.32 Å². The number of hydrogen-bond acceptors (Lipinski definition) is 5. The Morgan fingerprint density at radius 1 is 1.14 bits per heavy atom. The zero-order valence-electron chi connectivity index (χ0n) is 21.5. The lowest BCUT2D eigenvalue weighted by Gasteiger charge is -2.40. The molecule has 9 heteroatoms. The van der Waals surface area contributed by atoms with Gasteiger partial charge >= 0.3 is 6.03 Å². The summed E-state index contributed by atoms with van der Waals surface area (Å²) in [5.74, 6) is 0.560. The number of carbonyl (C=O) groups excluding carboxylic acids is 3. The zero-order chi connectivity index (χ0) is 25.9. The number of amides is 4. The third-order valence-corrected chi connectivity index (χ3v) is 9.01. The molecule has 37 heavy (non-hydrogen) atoms. The van der Waals surface area contributed by atoms with Crippen molar-refractivity contribution in [1.29, 1.82) is 0 Å². The van der Waals surface area contributed by atoms with E-state index in [1.165, 1.54) is 0 Å². The maximum Gasteiger partial charge on any atom is 0.322 e. The Hall–Kier alpha value is -3.07. The van der Waals surface area contributed by atoms with Gasteiger partial charge in [0, 0.05) is 62.3 Å². The van der Waals surface area contributed by atoms with Gasteiger partial charge in [0.1, 0.15) is 5.37 Å². The molecule has 1 N–H and O–H groups in total. The molecule has 2 unspecified atom stereocenters. The highest BCUT2D eigenvalue weighted by Gasteiger charge is 2.42. The second-order valence-electron chi connectivity index (χ2n) is 10.5. The fourth-order valence-corrected chi connectivity index (χ4v) is 6.82. The summed E-state index contributed by atoms with van der Waals surface area (Å²) < 4.78 is 0. The Labute approximate surface area is 222 Å². The van der Waals surface area contributed by atoms with Crippen LogP contribution in [0.3, 0.4) is 0 Å². The fraction of sp³-hybridized carbons (Fsp3) is 0.500. The number of anilines is 1. The lowest BCUT2D eigenvalue weighted by Crippen LogP contribution is -2.51. The molecule has 2 atom stereocenters. The van der Waals surface area contributed by atoms with E-state index in [1.54, 1.807) is 18.0 Å². The summed E-state index contributed by atoms with van der Waals surface area (Å²) in [4.78, 5) is 49.3.